The average Bonchev–Trinajstić information content (AvgIpc) is 2.42. The Labute approximate surface area is 110 Å². The Kier molecular flexibility index (Phi) is 6.44. The fourth-order valence-corrected chi connectivity index (χ4v) is 1.89. The first kappa shape index (κ1) is 14.7. The highest BCUT2D eigenvalue weighted by Gasteiger charge is 2.07. The molecule has 0 aliphatic rings. The maximum atomic E-state index is 11.1. The molecule has 1 amide bonds. The van der Waals surface area contributed by atoms with Crippen molar-refractivity contribution in [2.24, 2.45) is 0 Å². The molecule has 1 N–H and O–H groups in total. The number of nitrogens with one attached hydrogen (secondary N) is 1. The van der Waals surface area contributed by atoms with Gasteiger partial charge in [-0.15, -0.1) is 0 Å². The Morgan fingerprint density at radius 2 is 1.94 bits per heavy atom. The normalized spacial score (nSPS) is 12.4. The molecule has 0 radical (unpaired) electrons. The van der Waals surface area contributed by atoms with Gasteiger partial charge in [0, 0.05) is 20.0 Å². The molecule has 0 aliphatic heterocycles. The Morgan fingerprint density at radius 3 is 2.56 bits per heavy atom. The molecular weight excluding hydrogens is 224 g/mol. The first-order valence-electron chi connectivity index (χ1n) is 6.57. The second-order valence-electron chi connectivity index (χ2n) is 4.83. The van der Waals surface area contributed by atoms with Gasteiger partial charge >= 0.3 is 0 Å². The number of carbonyl (C=O) groups excluding carboxylic acids is 1. The molecule has 0 bridgehead atoms. The summed E-state index contributed by atoms with van der Waals surface area (Å²) in [5, 5.41) is 2.65. The second kappa shape index (κ2) is 7.88. The molecule has 1 rings (SSSR count). The lowest BCUT2D eigenvalue weighted by Crippen LogP contribution is -2.27. The minimum Gasteiger partial charge on any atom is -0.359 e. The monoisotopic (exact) mass is 248 g/mol. The van der Waals surface area contributed by atoms with Crippen molar-refractivity contribution in [3.05, 3.63) is 35.9 Å². The number of hydrogen-bond donors (Lipinski definition) is 1. The summed E-state index contributed by atoms with van der Waals surface area (Å²) in [5.74, 6) is 0.673. The number of rotatable bonds is 7. The molecule has 1 atom stereocenters. The standard InChI is InChI=1S/C15H24N2O/c1-13(14-7-5-4-6-8-14)9-11-17(3)12-10-15(18)16-2/h4-8,13H,9-12H2,1-3H3,(H,16,18)/t13-/m1/s1. The molecule has 1 aromatic rings. The Balaban J connectivity index is 2.26. The highest BCUT2D eigenvalue weighted by molar-refractivity contribution is 5.75. The van der Waals surface area contributed by atoms with Crippen LogP contribution < -0.4 is 5.32 Å². The molecule has 3 heteroatoms. The van der Waals surface area contributed by atoms with Crippen LogP contribution in [0.15, 0.2) is 30.3 Å². The lowest BCUT2D eigenvalue weighted by atomic mass is 9.98. The molecule has 0 saturated carbocycles. The third kappa shape index (κ3) is 5.32. The van der Waals surface area contributed by atoms with Gasteiger partial charge in [-0.05, 0) is 31.5 Å². The van der Waals surface area contributed by atoms with E-state index in [4.69, 9.17) is 0 Å². The van der Waals surface area contributed by atoms with Crippen molar-refractivity contribution in [3.63, 3.8) is 0 Å². The topological polar surface area (TPSA) is 32.3 Å². The van der Waals surface area contributed by atoms with E-state index in [1.807, 2.05) is 6.07 Å². The van der Waals surface area contributed by atoms with Crippen LogP contribution in [0, 0.1) is 0 Å². The first-order valence-corrected chi connectivity index (χ1v) is 6.57. The number of nitrogens with zero attached hydrogens (tertiary/aromatic N) is 1. The van der Waals surface area contributed by atoms with Crippen LogP contribution in [0.3, 0.4) is 0 Å². The fourth-order valence-electron chi connectivity index (χ4n) is 1.89. The summed E-state index contributed by atoms with van der Waals surface area (Å²) >= 11 is 0. The molecule has 0 aliphatic carbocycles. The second-order valence-corrected chi connectivity index (χ2v) is 4.83. The molecular formula is C15H24N2O. The van der Waals surface area contributed by atoms with E-state index in [-0.39, 0.29) is 5.91 Å². The molecule has 18 heavy (non-hydrogen) atoms. The maximum absolute atomic E-state index is 11.1. The minimum atomic E-state index is 0.109. The van der Waals surface area contributed by atoms with Crippen LogP contribution in [0.5, 0.6) is 0 Å². The van der Waals surface area contributed by atoms with Crippen LogP contribution in [-0.2, 0) is 4.79 Å². The summed E-state index contributed by atoms with van der Waals surface area (Å²) < 4.78 is 0. The van der Waals surface area contributed by atoms with E-state index in [0.717, 1.165) is 19.5 Å². The van der Waals surface area contributed by atoms with Crippen molar-refractivity contribution < 1.29 is 4.79 Å². The van der Waals surface area contributed by atoms with Crippen LogP contribution in [-0.4, -0.2) is 38.0 Å². The van der Waals surface area contributed by atoms with Crippen LogP contribution in [0.2, 0.25) is 0 Å². The lowest BCUT2D eigenvalue weighted by Gasteiger charge is -2.19. The van der Waals surface area contributed by atoms with Gasteiger partial charge in [0.05, 0.1) is 0 Å². The number of benzene rings is 1. The van der Waals surface area contributed by atoms with Crippen LogP contribution in [0.4, 0.5) is 0 Å². The number of carbonyl (C=O) groups is 1. The lowest BCUT2D eigenvalue weighted by molar-refractivity contribution is -0.120. The molecule has 1 aromatic carbocycles. The SMILES string of the molecule is CNC(=O)CCN(C)CC[C@@H](C)c1ccccc1. The van der Waals surface area contributed by atoms with E-state index in [2.05, 4.69) is 48.5 Å². The zero-order chi connectivity index (χ0) is 13.4. The predicted molar refractivity (Wildman–Crippen MR) is 75.7 cm³/mol. The molecule has 0 fully saturated rings. The van der Waals surface area contributed by atoms with Gasteiger partial charge < -0.3 is 10.2 Å². The van der Waals surface area contributed by atoms with E-state index in [1.54, 1.807) is 7.05 Å². The van der Waals surface area contributed by atoms with Gasteiger partial charge in [-0.2, -0.15) is 0 Å². The molecule has 100 valence electrons. The third-order valence-corrected chi connectivity index (χ3v) is 3.31. The van der Waals surface area contributed by atoms with Crippen LogP contribution in [0.25, 0.3) is 0 Å². The van der Waals surface area contributed by atoms with Crippen LogP contribution >= 0.6 is 0 Å². The quantitative estimate of drug-likeness (QED) is 0.802. The van der Waals surface area contributed by atoms with E-state index >= 15 is 0 Å². The van der Waals surface area contributed by atoms with Crippen molar-refractivity contribution in [2.45, 2.75) is 25.7 Å². The highest BCUT2D eigenvalue weighted by Crippen LogP contribution is 2.18. The molecule has 0 heterocycles. The minimum absolute atomic E-state index is 0.109. The Morgan fingerprint density at radius 1 is 1.28 bits per heavy atom. The van der Waals surface area contributed by atoms with Crippen molar-refractivity contribution in [1.82, 2.24) is 10.2 Å². The van der Waals surface area contributed by atoms with Gasteiger partial charge in [-0.3, -0.25) is 4.79 Å². The molecule has 0 spiro atoms. The van der Waals surface area contributed by atoms with Gasteiger partial charge in [0.2, 0.25) is 5.91 Å². The Bertz CT molecular complexity index is 351. The molecule has 0 saturated heterocycles. The highest BCUT2D eigenvalue weighted by atomic mass is 16.1. The molecule has 0 unspecified atom stereocenters. The van der Waals surface area contributed by atoms with Gasteiger partial charge in [-0.25, -0.2) is 0 Å². The number of hydrogen-bond acceptors (Lipinski definition) is 2. The molecule has 0 aromatic heterocycles. The summed E-state index contributed by atoms with van der Waals surface area (Å²) in [6.07, 6.45) is 1.70. The van der Waals surface area contributed by atoms with Crippen LogP contribution in [0.1, 0.15) is 31.2 Å². The summed E-state index contributed by atoms with van der Waals surface area (Å²) in [6, 6.07) is 10.6. The van der Waals surface area contributed by atoms with Gasteiger partial charge in [0.1, 0.15) is 0 Å². The third-order valence-electron chi connectivity index (χ3n) is 3.31. The van der Waals surface area contributed by atoms with E-state index < -0.39 is 0 Å². The average molecular weight is 248 g/mol. The van der Waals surface area contributed by atoms with Crippen molar-refractivity contribution in [2.75, 3.05) is 27.2 Å². The zero-order valence-electron chi connectivity index (χ0n) is 11.6. The van der Waals surface area contributed by atoms with Crippen molar-refractivity contribution in [3.8, 4) is 0 Å². The zero-order valence-corrected chi connectivity index (χ0v) is 11.6. The summed E-state index contributed by atoms with van der Waals surface area (Å²) in [4.78, 5) is 13.4. The number of amides is 1. The first-order chi connectivity index (χ1) is 8.63. The van der Waals surface area contributed by atoms with Crippen molar-refractivity contribution >= 4 is 5.91 Å². The summed E-state index contributed by atoms with van der Waals surface area (Å²) in [7, 11) is 3.75. The summed E-state index contributed by atoms with van der Waals surface area (Å²) in [6.45, 7) is 4.09. The maximum Gasteiger partial charge on any atom is 0.221 e. The van der Waals surface area contributed by atoms with E-state index in [9.17, 15) is 4.79 Å². The van der Waals surface area contributed by atoms with E-state index in [0.29, 0.717) is 12.3 Å². The van der Waals surface area contributed by atoms with E-state index in [1.165, 1.54) is 5.56 Å². The Hall–Kier alpha value is -1.35. The smallest absolute Gasteiger partial charge is 0.221 e. The van der Waals surface area contributed by atoms with Gasteiger partial charge in [0.25, 0.3) is 0 Å². The largest absolute Gasteiger partial charge is 0.359 e. The predicted octanol–water partition coefficient (Wildman–Crippen LogP) is 2.25. The van der Waals surface area contributed by atoms with Gasteiger partial charge in [-0.1, -0.05) is 37.3 Å². The molecule has 3 nitrogen and oxygen atoms in total. The fraction of sp³-hybridized carbons (Fsp3) is 0.533. The van der Waals surface area contributed by atoms with Gasteiger partial charge in [0.15, 0.2) is 0 Å². The summed E-state index contributed by atoms with van der Waals surface area (Å²) in [5.41, 5.74) is 1.39. The van der Waals surface area contributed by atoms with Crippen molar-refractivity contribution in [1.29, 1.82) is 0 Å².